The molecule has 0 aromatic heterocycles. The number of hydrogen-bond acceptors (Lipinski definition) is 2. The fourth-order valence-electron chi connectivity index (χ4n) is 1.59. The van der Waals surface area contributed by atoms with Gasteiger partial charge in [0.25, 0.3) is 0 Å². The Morgan fingerprint density at radius 1 is 1.30 bits per heavy atom. The highest BCUT2D eigenvalue weighted by molar-refractivity contribution is 5.39. The van der Waals surface area contributed by atoms with Crippen LogP contribution in [0, 0.1) is 0 Å². The van der Waals surface area contributed by atoms with Crippen molar-refractivity contribution in [1.82, 2.24) is 5.32 Å². The fraction of sp³-hybridized carbons (Fsp3) is 0.467. The predicted octanol–water partition coefficient (Wildman–Crippen LogP) is 4.16. The molecule has 0 radical (unpaired) electrons. The van der Waals surface area contributed by atoms with E-state index in [2.05, 4.69) is 5.32 Å². The van der Waals surface area contributed by atoms with Gasteiger partial charge in [-0.1, -0.05) is 32.1 Å². The highest BCUT2D eigenvalue weighted by Gasteiger charge is 2.34. The fourth-order valence-corrected chi connectivity index (χ4v) is 1.59. The maximum atomic E-state index is 13.0. The summed E-state index contributed by atoms with van der Waals surface area (Å²) in [6.07, 6.45) is -1.03. The van der Waals surface area contributed by atoms with Crippen LogP contribution in [0.25, 0.3) is 0 Å². The van der Waals surface area contributed by atoms with Crippen LogP contribution in [0.3, 0.4) is 0 Å². The maximum absolute atomic E-state index is 13.0. The molecule has 0 aliphatic carbocycles. The highest BCUT2D eigenvalue weighted by atomic mass is 19.4. The average molecular weight is 287 g/mol. The van der Waals surface area contributed by atoms with Gasteiger partial charge in [0, 0.05) is 12.6 Å². The number of alkyl halides is 3. The Bertz CT molecular complexity index is 453. The summed E-state index contributed by atoms with van der Waals surface area (Å²) < 4.78 is 44.2. The SMILES string of the molecule is CC=CCOc1ccc(CNC(C)C)cc1C(F)(F)F. The lowest BCUT2D eigenvalue weighted by Gasteiger charge is -2.15. The Labute approximate surface area is 117 Å². The van der Waals surface area contributed by atoms with Crippen LogP contribution in [0.5, 0.6) is 5.75 Å². The van der Waals surface area contributed by atoms with E-state index in [0.29, 0.717) is 12.1 Å². The van der Waals surface area contributed by atoms with Crippen LogP contribution in [0.4, 0.5) is 13.2 Å². The van der Waals surface area contributed by atoms with Gasteiger partial charge in [-0.05, 0) is 24.6 Å². The Morgan fingerprint density at radius 2 is 2.00 bits per heavy atom. The van der Waals surface area contributed by atoms with E-state index in [9.17, 15) is 13.2 Å². The summed E-state index contributed by atoms with van der Waals surface area (Å²) in [5.74, 6) is -0.135. The van der Waals surface area contributed by atoms with Crippen molar-refractivity contribution in [3.63, 3.8) is 0 Å². The predicted molar refractivity (Wildman–Crippen MR) is 73.7 cm³/mol. The third-order valence-electron chi connectivity index (χ3n) is 2.63. The molecule has 20 heavy (non-hydrogen) atoms. The summed E-state index contributed by atoms with van der Waals surface area (Å²) in [4.78, 5) is 0. The Hall–Kier alpha value is -1.49. The van der Waals surface area contributed by atoms with Gasteiger partial charge < -0.3 is 10.1 Å². The second kappa shape index (κ2) is 7.33. The highest BCUT2D eigenvalue weighted by Crippen LogP contribution is 2.36. The zero-order valence-electron chi connectivity index (χ0n) is 11.9. The molecule has 0 aliphatic rings. The zero-order chi connectivity index (χ0) is 15.2. The van der Waals surface area contributed by atoms with Crippen LogP contribution in [0.1, 0.15) is 31.9 Å². The van der Waals surface area contributed by atoms with Gasteiger partial charge in [0.15, 0.2) is 0 Å². The largest absolute Gasteiger partial charge is 0.489 e. The van der Waals surface area contributed by atoms with Crippen LogP contribution < -0.4 is 10.1 Å². The van der Waals surface area contributed by atoms with Crippen molar-refractivity contribution in [3.8, 4) is 5.75 Å². The van der Waals surface area contributed by atoms with Crippen molar-refractivity contribution in [2.45, 2.75) is 39.5 Å². The summed E-state index contributed by atoms with van der Waals surface area (Å²) in [6, 6.07) is 4.38. The molecule has 0 saturated heterocycles. The van der Waals surface area contributed by atoms with E-state index in [0.717, 1.165) is 6.07 Å². The molecule has 0 aliphatic heterocycles. The van der Waals surface area contributed by atoms with Crippen LogP contribution >= 0.6 is 0 Å². The third-order valence-corrected chi connectivity index (χ3v) is 2.63. The molecule has 0 bridgehead atoms. The Balaban J connectivity index is 2.94. The third kappa shape index (κ3) is 5.25. The summed E-state index contributed by atoms with van der Waals surface area (Å²) in [5.41, 5.74) is -0.144. The second-order valence-corrected chi connectivity index (χ2v) is 4.74. The first-order chi connectivity index (χ1) is 9.34. The lowest BCUT2D eigenvalue weighted by atomic mass is 10.1. The molecule has 0 unspecified atom stereocenters. The van der Waals surface area contributed by atoms with Gasteiger partial charge >= 0.3 is 6.18 Å². The molecule has 5 heteroatoms. The molecule has 0 saturated carbocycles. The molecule has 0 atom stereocenters. The molecule has 1 aromatic rings. The topological polar surface area (TPSA) is 21.3 Å². The van der Waals surface area contributed by atoms with Gasteiger partial charge in [-0.3, -0.25) is 0 Å². The summed E-state index contributed by atoms with van der Waals surface area (Å²) in [5, 5.41) is 3.09. The molecular weight excluding hydrogens is 267 g/mol. The van der Waals surface area contributed by atoms with Crippen LogP contribution in [0.2, 0.25) is 0 Å². The second-order valence-electron chi connectivity index (χ2n) is 4.74. The lowest BCUT2D eigenvalue weighted by molar-refractivity contribution is -0.138. The molecule has 1 aromatic carbocycles. The van der Waals surface area contributed by atoms with Gasteiger partial charge in [0.1, 0.15) is 12.4 Å². The van der Waals surface area contributed by atoms with Gasteiger partial charge in [-0.25, -0.2) is 0 Å². The molecule has 0 spiro atoms. The van der Waals surface area contributed by atoms with Crippen molar-refractivity contribution in [2.75, 3.05) is 6.61 Å². The first-order valence-electron chi connectivity index (χ1n) is 6.52. The van der Waals surface area contributed by atoms with Gasteiger partial charge in [0.05, 0.1) is 5.56 Å². The van der Waals surface area contributed by atoms with Crippen LogP contribution in [-0.4, -0.2) is 12.6 Å². The minimum atomic E-state index is -4.42. The van der Waals surface area contributed by atoms with Crippen molar-refractivity contribution in [3.05, 3.63) is 41.5 Å². The monoisotopic (exact) mass is 287 g/mol. The Kier molecular flexibility index (Phi) is 6.07. The van der Waals surface area contributed by atoms with E-state index in [1.807, 2.05) is 13.8 Å². The van der Waals surface area contributed by atoms with Crippen molar-refractivity contribution in [1.29, 1.82) is 0 Å². The first kappa shape index (κ1) is 16.6. The van der Waals surface area contributed by atoms with Crippen LogP contribution in [-0.2, 0) is 12.7 Å². The van der Waals surface area contributed by atoms with Crippen LogP contribution in [0.15, 0.2) is 30.4 Å². The van der Waals surface area contributed by atoms with E-state index >= 15 is 0 Å². The molecule has 1 N–H and O–H groups in total. The minimum Gasteiger partial charge on any atom is -0.489 e. The molecule has 2 nitrogen and oxygen atoms in total. The average Bonchev–Trinajstić information content (AvgIpc) is 2.36. The number of ether oxygens (including phenoxy) is 1. The minimum absolute atomic E-state index is 0.128. The summed E-state index contributed by atoms with van der Waals surface area (Å²) in [6.45, 7) is 6.20. The number of allylic oxidation sites excluding steroid dienone is 1. The van der Waals surface area contributed by atoms with E-state index in [4.69, 9.17) is 4.74 Å². The van der Waals surface area contributed by atoms with Crippen molar-refractivity contribution in [2.24, 2.45) is 0 Å². The van der Waals surface area contributed by atoms with E-state index in [1.165, 1.54) is 6.07 Å². The number of hydrogen-bond donors (Lipinski definition) is 1. The number of nitrogens with one attached hydrogen (secondary N) is 1. The van der Waals surface area contributed by atoms with Gasteiger partial charge in [-0.2, -0.15) is 13.2 Å². The molecule has 1 rings (SSSR count). The quantitative estimate of drug-likeness (QED) is 0.793. The summed E-state index contributed by atoms with van der Waals surface area (Å²) >= 11 is 0. The Morgan fingerprint density at radius 3 is 2.55 bits per heavy atom. The number of rotatable bonds is 6. The normalized spacial score (nSPS) is 12.3. The first-order valence-corrected chi connectivity index (χ1v) is 6.52. The van der Waals surface area contributed by atoms with Crippen molar-refractivity contribution >= 4 is 0 Å². The molecule has 112 valence electrons. The van der Waals surface area contributed by atoms with E-state index in [-0.39, 0.29) is 18.4 Å². The molecule has 0 amide bonds. The molecule has 0 fully saturated rings. The zero-order valence-corrected chi connectivity index (χ0v) is 11.9. The maximum Gasteiger partial charge on any atom is 0.419 e. The molecule has 0 heterocycles. The number of halogens is 3. The standard InChI is InChI=1S/C15H20F3NO/c1-4-5-8-20-14-7-6-12(10-19-11(2)3)9-13(14)15(16,17)18/h4-7,9,11,19H,8,10H2,1-3H3. The van der Waals surface area contributed by atoms with Gasteiger partial charge in [-0.15, -0.1) is 0 Å². The lowest BCUT2D eigenvalue weighted by Crippen LogP contribution is -2.22. The van der Waals surface area contributed by atoms with Gasteiger partial charge in [0.2, 0.25) is 0 Å². The van der Waals surface area contributed by atoms with E-state index in [1.54, 1.807) is 25.1 Å². The van der Waals surface area contributed by atoms with Crippen molar-refractivity contribution < 1.29 is 17.9 Å². The number of benzene rings is 1. The summed E-state index contributed by atoms with van der Waals surface area (Å²) in [7, 11) is 0. The molecular formula is C15H20F3NO. The smallest absolute Gasteiger partial charge is 0.419 e. The van der Waals surface area contributed by atoms with E-state index < -0.39 is 11.7 Å².